The highest BCUT2D eigenvalue weighted by Gasteiger charge is 2.14. The van der Waals surface area contributed by atoms with Gasteiger partial charge in [0.2, 0.25) is 0 Å². The van der Waals surface area contributed by atoms with E-state index < -0.39 is 0 Å². The van der Waals surface area contributed by atoms with E-state index in [-0.39, 0.29) is 6.61 Å². The van der Waals surface area contributed by atoms with Crippen LogP contribution in [0.2, 0.25) is 0 Å². The first-order valence-electron chi connectivity index (χ1n) is 7.78. The maximum Gasteiger partial charge on any atom is 0.153 e. The Balaban J connectivity index is 2.06. The number of nitrogens with zero attached hydrogens (tertiary/aromatic N) is 4. The summed E-state index contributed by atoms with van der Waals surface area (Å²) < 4.78 is 1.82. The van der Waals surface area contributed by atoms with Gasteiger partial charge in [0.15, 0.2) is 5.82 Å². The molecule has 0 fully saturated rings. The zero-order valence-electron chi connectivity index (χ0n) is 14.0. The Bertz CT molecular complexity index is 589. The fraction of sp³-hybridized carbons (Fsp3) is 0.529. The van der Waals surface area contributed by atoms with E-state index in [1.807, 2.05) is 4.68 Å². The number of hydrogen-bond donors (Lipinski definition) is 1. The van der Waals surface area contributed by atoms with Gasteiger partial charge in [-0.3, -0.25) is 4.90 Å². The second-order valence-corrected chi connectivity index (χ2v) is 6.15. The van der Waals surface area contributed by atoms with Gasteiger partial charge < -0.3 is 5.11 Å². The van der Waals surface area contributed by atoms with Gasteiger partial charge in [-0.25, -0.2) is 9.67 Å². The quantitative estimate of drug-likeness (QED) is 0.853. The Morgan fingerprint density at radius 1 is 1.18 bits per heavy atom. The molecule has 0 aliphatic rings. The minimum atomic E-state index is 0.0789. The van der Waals surface area contributed by atoms with Gasteiger partial charge in [0.05, 0.1) is 19.7 Å². The molecule has 120 valence electrons. The maximum absolute atomic E-state index is 9.19. The largest absolute Gasteiger partial charge is 0.394 e. The molecule has 1 heterocycles. The van der Waals surface area contributed by atoms with E-state index in [2.05, 4.69) is 67.1 Å². The lowest BCUT2D eigenvalue weighted by Crippen LogP contribution is -2.21. The van der Waals surface area contributed by atoms with Crippen LogP contribution >= 0.6 is 0 Å². The highest BCUT2D eigenvalue weighted by atomic mass is 16.3. The molecular weight excluding hydrogens is 276 g/mol. The molecule has 0 aliphatic carbocycles. The van der Waals surface area contributed by atoms with Crippen molar-refractivity contribution in [3.8, 4) is 0 Å². The molecule has 0 bridgehead atoms. The zero-order chi connectivity index (χ0) is 16.1. The van der Waals surface area contributed by atoms with Crippen LogP contribution in [-0.4, -0.2) is 38.4 Å². The molecule has 2 rings (SSSR count). The molecule has 0 radical (unpaired) electrons. The Hall–Kier alpha value is -1.72. The average Bonchev–Trinajstić information content (AvgIpc) is 2.85. The van der Waals surface area contributed by atoms with E-state index in [4.69, 9.17) is 0 Å². The van der Waals surface area contributed by atoms with Crippen molar-refractivity contribution in [2.45, 2.75) is 46.3 Å². The van der Waals surface area contributed by atoms with Crippen molar-refractivity contribution in [2.24, 2.45) is 0 Å². The molecule has 0 amide bonds. The van der Waals surface area contributed by atoms with Gasteiger partial charge in [0, 0.05) is 12.5 Å². The Labute approximate surface area is 132 Å². The van der Waals surface area contributed by atoms with Gasteiger partial charge in [0.1, 0.15) is 5.82 Å². The van der Waals surface area contributed by atoms with Crippen molar-refractivity contribution < 1.29 is 5.11 Å². The van der Waals surface area contributed by atoms with Gasteiger partial charge in [-0.2, -0.15) is 5.10 Å². The molecule has 0 saturated carbocycles. The van der Waals surface area contributed by atoms with Gasteiger partial charge in [-0.1, -0.05) is 43.7 Å². The minimum Gasteiger partial charge on any atom is -0.394 e. The third-order valence-electron chi connectivity index (χ3n) is 3.58. The summed E-state index contributed by atoms with van der Waals surface area (Å²) in [5, 5.41) is 13.7. The van der Waals surface area contributed by atoms with E-state index in [0.717, 1.165) is 18.2 Å². The normalized spacial score (nSPS) is 11.6. The molecule has 5 heteroatoms. The fourth-order valence-electron chi connectivity index (χ4n) is 2.33. The van der Waals surface area contributed by atoms with E-state index in [1.54, 1.807) is 0 Å². The van der Waals surface area contributed by atoms with Crippen LogP contribution in [-0.2, 0) is 19.6 Å². The van der Waals surface area contributed by atoms with Crippen LogP contribution in [0.25, 0.3) is 0 Å². The van der Waals surface area contributed by atoms with Gasteiger partial charge >= 0.3 is 0 Å². The number of hydrogen-bond acceptors (Lipinski definition) is 4. The van der Waals surface area contributed by atoms with Crippen molar-refractivity contribution in [1.82, 2.24) is 19.7 Å². The number of rotatable bonds is 7. The first-order chi connectivity index (χ1) is 10.5. The average molecular weight is 302 g/mol. The lowest BCUT2D eigenvalue weighted by atomic mass is 10.1. The third kappa shape index (κ3) is 4.39. The number of aliphatic hydroxyl groups is 1. The van der Waals surface area contributed by atoms with E-state index in [9.17, 15) is 5.11 Å². The van der Waals surface area contributed by atoms with Crippen molar-refractivity contribution in [1.29, 1.82) is 0 Å². The molecule has 1 N–H and O–H groups in total. The Kier molecular flexibility index (Phi) is 5.69. The summed E-state index contributed by atoms with van der Waals surface area (Å²) in [5.41, 5.74) is 2.56. The van der Waals surface area contributed by atoms with E-state index in [0.29, 0.717) is 19.0 Å². The molecule has 22 heavy (non-hydrogen) atoms. The maximum atomic E-state index is 9.19. The molecule has 0 unspecified atom stereocenters. The van der Waals surface area contributed by atoms with Gasteiger partial charge in [-0.15, -0.1) is 0 Å². The highest BCUT2D eigenvalue weighted by molar-refractivity contribution is 5.21. The summed E-state index contributed by atoms with van der Waals surface area (Å²) in [6, 6.07) is 8.58. The van der Waals surface area contributed by atoms with Crippen LogP contribution < -0.4 is 0 Å². The van der Waals surface area contributed by atoms with Crippen LogP contribution in [0.5, 0.6) is 0 Å². The lowest BCUT2D eigenvalue weighted by molar-refractivity contribution is 0.256. The van der Waals surface area contributed by atoms with Gasteiger partial charge in [-0.05, 0) is 19.5 Å². The fourth-order valence-corrected chi connectivity index (χ4v) is 2.33. The minimum absolute atomic E-state index is 0.0789. The van der Waals surface area contributed by atoms with E-state index in [1.165, 1.54) is 11.1 Å². The molecule has 0 spiro atoms. The molecule has 5 nitrogen and oxygen atoms in total. The highest BCUT2D eigenvalue weighted by Crippen LogP contribution is 2.13. The molecular formula is C17H26N4O. The molecule has 0 atom stereocenters. The first kappa shape index (κ1) is 16.6. The second-order valence-electron chi connectivity index (χ2n) is 6.15. The van der Waals surface area contributed by atoms with Crippen LogP contribution in [0.15, 0.2) is 24.3 Å². The molecule has 1 aromatic carbocycles. The summed E-state index contributed by atoms with van der Waals surface area (Å²) in [7, 11) is 2.08. The van der Waals surface area contributed by atoms with Crippen molar-refractivity contribution in [3.05, 3.63) is 47.0 Å². The predicted octanol–water partition coefficient (Wildman–Crippen LogP) is 2.33. The molecule has 0 aliphatic heterocycles. The molecule has 1 aromatic heterocycles. The second kappa shape index (κ2) is 7.51. The zero-order valence-corrected chi connectivity index (χ0v) is 14.0. The summed E-state index contributed by atoms with van der Waals surface area (Å²) in [5.74, 6) is 2.04. The summed E-state index contributed by atoms with van der Waals surface area (Å²) in [6.45, 7) is 8.41. The van der Waals surface area contributed by atoms with Crippen molar-refractivity contribution >= 4 is 0 Å². The summed E-state index contributed by atoms with van der Waals surface area (Å²) >= 11 is 0. The van der Waals surface area contributed by atoms with Crippen LogP contribution in [0.4, 0.5) is 0 Å². The Morgan fingerprint density at radius 2 is 1.86 bits per heavy atom. The summed E-state index contributed by atoms with van der Waals surface area (Å²) in [6.07, 6.45) is 0. The number of aromatic nitrogens is 3. The molecule has 0 saturated heterocycles. The van der Waals surface area contributed by atoms with Crippen molar-refractivity contribution in [2.75, 3.05) is 13.7 Å². The SMILES string of the molecule is Cc1ccc(CN(C)Cc2nc(C(C)C)nn2CCO)cc1. The smallest absolute Gasteiger partial charge is 0.153 e. The molecule has 2 aromatic rings. The van der Waals surface area contributed by atoms with E-state index >= 15 is 0 Å². The van der Waals surface area contributed by atoms with Crippen LogP contribution in [0.3, 0.4) is 0 Å². The first-order valence-corrected chi connectivity index (χ1v) is 7.78. The van der Waals surface area contributed by atoms with Crippen LogP contribution in [0, 0.1) is 6.92 Å². The Morgan fingerprint density at radius 3 is 2.45 bits per heavy atom. The standard InChI is InChI=1S/C17H26N4O/c1-13(2)17-18-16(21(19-17)9-10-22)12-20(4)11-15-7-5-14(3)6-8-15/h5-8,13,22H,9-12H2,1-4H3. The lowest BCUT2D eigenvalue weighted by Gasteiger charge is -2.16. The van der Waals surface area contributed by atoms with Crippen molar-refractivity contribution in [3.63, 3.8) is 0 Å². The summed E-state index contributed by atoms with van der Waals surface area (Å²) in [4.78, 5) is 6.84. The number of aliphatic hydroxyl groups excluding tert-OH is 1. The third-order valence-corrected chi connectivity index (χ3v) is 3.58. The monoisotopic (exact) mass is 302 g/mol. The number of aryl methyl sites for hydroxylation is 1. The number of benzene rings is 1. The van der Waals surface area contributed by atoms with Crippen LogP contribution in [0.1, 0.15) is 42.5 Å². The van der Waals surface area contributed by atoms with Gasteiger partial charge in [0.25, 0.3) is 0 Å². The predicted molar refractivity (Wildman–Crippen MR) is 87.5 cm³/mol. The topological polar surface area (TPSA) is 54.2 Å².